The fourth-order valence-electron chi connectivity index (χ4n) is 0.877. The minimum Gasteiger partial charge on any atom is -0.396 e. The summed E-state index contributed by atoms with van der Waals surface area (Å²) >= 11 is 1.45. The molecule has 1 amide bonds. The van der Waals surface area contributed by atoms with Crippen LogP contribution in [0.4, 0.5) is 0 Å². The van der Waals surface area contributed by atoms with E-state index in [2.05, 4.69) is 5.32 Å². The van der Waals surface area contributed by atoms with Crippen molar-refractivity contribution in [1.82, 2.24) is 5.32 Å². The van der Waals surface area contributed by atoms with Crippen LogP contribution in [0.3, 0.4) is 0 Å². The van der Waals surface area contributed by atoms with E-state index in [4.69, 9.17) is 9.84 Å². The summed E-state index contributed by atoms with van der Waals surface area (Å²) in [5, 5.41) is 11.3. The van der Waals surface area contributed by atoms with Gasteiger partial charge in [0.2, 0.25) is 5.91 Å². The lowest BCUT2D eigenvalue weighted by Gasteiger charge is -2.10. The van der Waals surface area contributed by atoms with Crippen LogP contribution < -0.4 is 5.32 Å². The van der Waals surface area contributed by atoms with E-state index in [1.807, 2.05) is 6.92 Å². The number of thioether (sulfide) groups is 1. The van der Waals surface area contributed by atoms with Crippen LogP contribution in [0.25, 0.3) is 0 Å². The van der Waals surface area contributed by atoms with Gasteiger partial charge in [0.25, 0.3) is 0 Å². The van der Waals surface area contributed by atoms with Gasteiger partial charge in [0.1, 0.15) is 0 Å². The summed E-state index contributed by atoms with van der Waals surface area (Å²) in [7, 11) is 1.64. The molecule has 0 fully saturated rings. The van der Waals surface area contributed by atoms with Crippen molar-refractivity contribution >= 4 is 17.7 Å². The number of aliphatic hydroxyl groups is 1. The molecule has 2 N–H and O–H groups in total. The number of methoxy groups -OCH3 is 1. The number of aliphatic hydroxyl groups excluding tert-OH is 1. The van der Waals surface area contributed by atoms with E-state index in [0.29, 0.717) is 18.9 Å². The maximum Gasteiger partial charge on any atom is 0.232 e. The summed E-state index contributed by atoms with van der Waals surface area (Å²) in [5.41, 5.74) is 0. The van der Waals surface area contributed by atoms with Crippen LogP contribution >= 0.6 is 11.8 Å². The van der Waals surface area contributed by atoms with Crippen molar-refractivity contribution in [3.63, 3.8) is 0 Å². The Morgan fingerprint density at radius 1 is 1.64 bits per heavy atom. The molecule has 0 aromatic rings. The van der Waals surface area contributed by atoms with Crippen LogP contribution in [0.5, 0.6) is 0 Å². The molecule has 0 bridgehead atoms. The molecule has 0 saturated heterocycles. The highest BCUT2D eigenvalue weighted by Crippen LogP contribution is 2.08. The van der Waals surface area contributed by atoms with Crippen molar-refractivity contribution in [2.75, 3.05) is 32.6 Å². The monoisotopic (exact) mass is 221 g/mol. The molecule has 4 nitrogen and oxygen atoms in total. The van der Waals surface area contributed by atoms with Gasteiger partial charge in [-0.25, -0.2) is 0 Å². The molecule has 0 spiro atoms. The average Bonchev–Trinajstić information content (AvgIpc) is 2.20. The normalized spacial score (nSPS) is 12.5. The molecule has 84 valence electrons. The minimum atomic E-state index is -0.0929. The van der Waals surface area contributed by atoms with Crippen molar-refractivity contribution in [3.8, 4) is 0 Å². The maximum atomic E-state index is 11.4. The third-order valence-electron chi connectivity index (χ3n) is 1.65. The van der Waals surface area contributed by atoms with Gasteiger partial charge in [0, 0.05) is 26.0 Å². The standard InChI is InChI=1S/C9H19NO3S/c1-8(14-7-5-11)9(12)10-4-3-6-13-2/h8,11H,3-7H2,1-2H3,(H,10,12). The van der Waals surface area contributed by atoms with Crippen molar-refractivity contribution in [2.24, 2.45) is 0 Å². The molecule has 5 heteroatoms. The van der Waals surface area contributed by atoms with E-state index in [9.17, 15) is 4.79 Å². The summed E-state index contributed by atoms with van der Waals surface area (Å²) in [5.74, 6) is 0.631. The SMILES string of the molecule is COCCCNC(=O)C(C)SCCO. The van der Waals surface area contributed by atoms with E-state index in [1.54, 1.807) is 7.11 Å². The van der Waals surface area contributed by atoms with E-state index < -0.39 is 0 Å². The summed E-state index contributed by atoms with van der Waals surface area (Å²) in [6.07, 6.45) is 0.833. The van der Waals surface area contributed by atoms with Gasteiger partial charge in [0.05, 0.1) is 11.9 Å². The summed E-state index contributed by atoms with van der Waals surface area (Å²) in [6, 6.07) is 0. The molecule has 0 aromatic carbocycles. The Balaban J connectivity index is 3.42. The molecule has 0 aliphatic heterocycles. The van der Waals surface area contributed by atoms with Crippen LogP contribution in [0.15, 0.2) is 0 Å². The number of hydrogen-bond donors (Lipinski definition) is 2. The molecule has 1 atom stereocenters. The average molecular weight is 221 g/mol. The summed E-state index contributed by atoms with van der Waals surface area (Å²) in [4.78, 5) is 11.4. The van der Waals surface area contributed by atoms with Gasteiger partial charge >= 0.3 is 0 Å². The topological polar surface area (TPSA) is 58.6 Å². The highest BCUT2D eigenvalue weighted by Gasteiger charge is 2.11. The second-order valence-corrected chi connectivity index (χ2v) is 4.32. The van der Waals surface area contributed by atoms with E-state index in [1.165, 1.54) is 11.8 Å². The Kier molecular flexibility index (Phi) is 9.13. The Morgan fingerprint density at radius 2 is 2.36 bits per heavy atom. The maximum absolute atomic E-state index is 11.4. The van der Waals surface area contributed by atoms with Crippen LogP contribution in [0, 0.1) is 0 Å². The zero-order valence-electron chi connectivity index (χ0n) is 8.78. The first kappa shape index (κ1) is 13.7. The predicted octanol–water partition coefficient (Wildman–Crippen LogP) is 0.253. The Morgan fingerprint density at radius 3 is 2.93 bits per heavy atom. The fraction of sp³-hybridized carbons (Fsp3) is 0.889. The molecule has 1 unspecified atom stereocenters. The molecule has 0 aliphatic rings. The third kappa shape index (κ3) is 7.17. The van der Waals surface area contributed by atoms with E-state index >= 15 is 0 Å². The number of amides is 1. The van der Waals surface area contributed by atoms with Crippen molar-refractivity contribution in [3.05, 3.63) is 0 Å². The Bertz CT molecular complexity index is 155. The number of hydrogen-bond acceptors (Lipinski definition) is 4. The summed E-state index contributed by atoms with van der Waals surface area (Å²) in [6.45, 7) is 3.27. The smallest absolute Gasteiger partial charge is 0.232 e. The lowest BCUT2D eigenvalue weighted by atomic mass is 10.4. The lowest BCUT2D eigenvalue weighted by Crippen LogP contribution is -2.32. The second kappa shape index (κ2) is 9.30. The summed E-state index contributed by atoms with van der Waals surface area (Å²) < 4.78 is 4.86. The van der Waals surface area contributed by atoms with Crippen LogP contribution in [-0.4, -0.2) is 48.9 Å². The quantitative estimate of drug-likeness (QED) is 0.577. The second-order valence-electron chi connectivity index (χ2n) is 2.87. The number of ether oxygens (including phenoxy) is 1. The van der Waals surface area contributed by atoms with Crippen LogP contribution in [0.2, 0.25) is 0 Å². The van der Waals surface area contributed by atoms with Crippen molar-refractivity contribution in [2.45, 2.75) is 18.6 Å². The number of carbonyl (C=O) groups excluding carboxylic acids is 1. The van der Waals surface area contributed by atoms with E-state index in [-0.39, 0.29) is 17.8 Å². The van der Waals surface area contributed by atoms with Crippen LogP contribution in [-0.2, 0) is 9.53 Å². The molecule has 0 aromatic heterocycles. The molecule has 0 aliphatic carbocycles. The molecular formula is C9H19NO3S. The van der Waals surface area contributed by atoms with Gasteiger partial charge in [-0.3, -0.25) is 4.79 Å². The van der Waals surface area contributed by atoms with Gasteiger partial charge in [-0.05, 0) is 13.3 Å². The Hall–Kier alpha value is -0.260. The number of nitrogens with one attached hydrogen (secondary N) is 1. The number of carbonyl (C=O) groups is 1. The molecule has 0 rings (SSSR count). The predicted molar refractivity (Wildman–Crippen MR) is 58.5 cm³/mol. The largest absolute Gasteiger partial charge is 0.396 e. The van der Waals surface area contributed by atoms with Crippen molar-refractivity contribution < 1.29 is 14.6 Å². The van der Waals surface area contributed by atoms with Gasteiger partial charge in [-0.15, -0.1) is 11.8 Å². The first-order chi connectivity index (χ1) is 6.72. The Labute approximate surface area is 89.4 Å². The van der Waals surface area contributed by atoms with Gasteiger partial charge in [-0.1, -0.05) is 0 Å². The van der Waals surface area contributed by atoms with Crippen LogP contribution in [0.1, 0.15) is 13.3 Å². The highest BCUT2D eigenvalue weighted by molar-refractivity contribution is 8.00. The zero-order valence-corrected chi connectivity index (χ0v) is 9.60. The third-order valence-corrected chi connectivity index (χ3v) is 2.79. The molecule has 0 saturated carbocycles. The lowest BCUT2D eigenvalue weighted by molar-refractivity contribution is -0.120. The fourth-order valence-corrected chi connectivity index (χ4v) is 1.57. The van der Waals surface area contributed by atoms with Gasteiger partial charge in [0.15, 0.2) is 0 Å². The first-order valence-electron chi connectivity index (χ1n) is 4.71. The van der Waals surface area contributed by atoms with Crippen molar-refractivity contribution in [1.29, 1.82) is 0 Å². The van der Waals surface area contributed by atoms with E-state index in [0.717, 1.165) is 6.42 Å². The molecule has 14 heavy (non-hydrogen) atoms. The first-order valence-corrected chi connectivity index (χ1v) is 5.76. The molecule has 0 heterocycles. The van der Waals surface area contributed by atoms with Gasteiger partial charge < -0.3 is 15.2 Å². The van der Waals surface area contributed by atoms with Gasteiger partial charge in [-0.2, -0.15) is 0 Å². The highest BCUT2D eigenvalue weighted by atomic mass is 32.2. The number of rotatable bonds is 8. The minimum absolute atomic E-state index is 0.0274. The zero-order chi connectivity index (χ0) is 10.8. The molecule has 0 radical (unpaired) electrons. The molecular weight excluding hydrogens is 202 g/mol.